The first-order valence-corrected chi connectivity index (χ1v) is 11.3. The van der Waals surface area contributed by atoms with Crippen LogP contribution in [0.4, 0.5) is 15.9 Å². The van der Waals surface area contributed by atoms with Crippen LogP contribution in [0, 0.1) is 5.82 Å². The lowest BCUT2D eigenvalue weighted by molar-refractivity contribution is -0.130. The molecule has 1 aliphatic heterocycles. The molecule has 0 aliphatic carbocycles. The van der Waals surface area contributed by atoms with E-state index in [0.29, 0.717) is 66.8 Å². The van der Waals surface area contributed by atoms with Crippen LogP contribution in [0.3, 0.4) is 0 Å². The first kappa shape index (κ1) is 23.1. The Morgan fingerprint density at radius 3 is 2.69 bits per heavy atom. The number of aromatic amines is 1. The molecule has 0 atom stereocenters. The summed E-state index contributed by atoms with van der Waals surface area (Å²) in [4.78, 5) is 28.0. The maximum Gasteiger partial charge on any atom is 0.254 e. The van der Waals surface area contributed by atoms with Gasteiger partial charge in [-0.15, -0.1) is 0 Å². The third kappa shape index (κ3) is 5.19. The summed E-state index contributed by atoms with van der Waals surface area (Å²) in [6, 6.07) is 8.33. The van der Waals surface area contributed by atoms with Crippen molar-refractivity contribution in [3.05, 3.63) is 66.1 Å². The molecule has 12 nitrogen and oxygen atoms in total. The minimum Gasteiger partial charge on any atom is -0.366 e. The number of H-pyrrole nitrogens is 1. The highest BCUT2D eigenvalue weighted by Gasteiger charge is 2.23. The molecule has 5 rings (SSSR count). The third-order valence-electron chi connectivity index (χ3n) is 5.82. The Labute approximate surface area is 204 Å². The Morgan fingerprint density at radius 1 is 1.11 bits per heavy atom. The Kier molecular flexibility index (Phi) is 6.60. The average molecular weight is 494 g/mol. The molecular formula is C23H23FN8O4. The molecule has 0 bridgehead atoms. The monoisotopic (exact) mass is 494 g/mol. The van der Waals surface area contributed by atoms with Crippen LogP contribution in [0.25, 0.3) is 11.3 Å². The van der Waals surface area contributed by atoms with E-state index in [1.165, 1.54) is 24.7 Å². The van der Waals surface area contributed by atoms with Crippen molar-refractivity contribution < 1.29 is 23.0 Å². The molecule has 3 N–H and O–H groups in total. The highest BCUT2D eigenvalue weighted by atomic mass is 19.1. The van der Waals surface area contributed by atoms with Crippen molar-refractivity contribution in [2.75, 3.05) is 42.9 Å². The van der Waals surface area contributed by atoms with Gasteiger partial charge in [0.25, 0.3) is 5.91 Å². The van der Waals surface area contributed by atoms with E-state index in [4.69, 9.17) is 9.05 Å². The van der Waals surface area contributed by atoms with E-state index in [1.54, 1.807) is 29.2 Å². The van der Waals surface area contributed by atoms with E-state index in [2.05, 4.69) is 31.1 Å². The maximum absolute atomic E-state index is 15.0. The number of nitrogens with one attached hydrogen (secondary N) is 3. The predicted octanol–water partition coefficient (Wildman–Crippen LogP) is 1.88. The van der Waals surface area contributed by atoms with Crippen LogP contribution in [0.5, 0.6) is 0 Å². The highest BCUT2D eigenvalue weighted by Crippen LogP contribution is 2.27. The summed E-state index contributed by atoms with van der Waals surface area (Å²) in [6.45, 7) is 2.04. The van der Waals surface area contributed by atoms with E-state index in [-0.39, 0.29) is 24.2 Å². The second-order valence-electron chi connectivity index (χ2n) is 8.12. The summed E-state index contributed by atoms with van der Waals surface area (Å²) in [5.74, 6) is 0.193. The number of aromatic nitrogens is 4. The topological polar surface area (TPSA) is 145 Å². The normalized spacial score (nSPS) is 13.6. The smallest absolute Gasteiger partial charge is 0.254 e. The minimum absolute atomic E-state index is 0.110. The van der Waals surface area contributed by atoms with E-state index < -0.39 is 0 Å². The zero-order chi connectivity index (χ0) is 24.9. The molecule has 3 aromatic heterocycles. The fourth-order valence-corrected chi connectivity index (χ4v) is 3.88. The minimum atomic E-state index is -0.384. The van der Waals surface area contributed by atoms with Gasteiger partial charge in [-0.1, -0.05) is 16.4 Å². The predicted molar refractivity (Wildman–Crippen MR) is 125 cm³/mol. The molecule has 4 heterocycles. The molecular weight excluding hydrogens is 471 g/mol. The fourth-order valence-electron chi connectivity index (χ4n) is 3.88. The van der Waals surface area contributed by atoms with Gasteiger partial charge in [0, 0.05) is 50.1 Å². The molecule has 186 valence electrons. The van der Waals surface area contributed by atoms with E-state index in [9.17, 15) is 14.0 Å². The van der Waals surface area contributed by atoms with Gasteiger partial charge in [-0.2, -0.15) is 5.10 Å². The Bertz CT molecular complexity index is 1310. The number of anilines is 2. The van der Waals surface area contributed by atoms with Crippen LogP contribution < -0.4 is 15.5 Å². The van der Waals surface area contributed by atoms with Crippen LogP contribution >= 0.6 is 0 Å². The Balaban J connectivity index is 1.13. The van der Waals surface area contributed by atoms with Crippen molar-refractivity contribution in [1.82, 2.24) is 30.7 Å². The molecule has 1 aromatic carbocycles. The lowest BCUT2D eigenvalue weighted by Gasteiger charge is -2.36. The highest BCUT2D eigenvalue weighted by molar-refractivity contribution is 5.96. The van der Waals surface area contributed by atoms with Crippen molar-refractivity contribution in [2.45, 2.75) is 6.54 Å². The largest absolute Gasteiger partial charge is 0.366 e. The summed E-state index contributed by atoms with van der Waals surface area (Å²) < 4.78 is 25.1. The van der Waals surface area contributed by atoms with Gasteiger partial charge < -0.3 is 29.5 Å². The van der Waals surface area contributed by atoms with Crippen LogP contribution in [-0.2, 0) is 11.3 Å². The summed E-state index contributed by atoms with van der Waals surface area (Å²) >= 11 is 0. The van der Waals surface area contributed by atoms with Crippen LogP contribution in [-0.4, -0.2) is 69.9 Å². The van der Waals surface area contributed by atoms with Crippen molar-refractivity contribution >= 4 is 23.3 Å². The van der Waals surface area contributed by atoms with Gasteiger partial charge >= 0.3 is 0 Å². The zero-order valence-electron chi connectivity index (χ0n) is 19.1. The molecule has 13 heteroatoms. The number of amides is 2. The van der Waals surface area contributed by atoms with Crippen LogP contribution in [0.15, 0.2) is 58.0 Å². The van der Waals surface area contributed by atoms with Crippen LogP contribution in [0.1, 0.15) is 16.1 Å². The number of hydrogen-bond acceptors (Lipinski definition) is 9. The van der Waals surface area contributed by atoms with Gasteiger partial charge in [0.2, 0.25) is 5.91 Å². The number of rotatable bonds is 8. The SMILES string of the molecule is O=C(NCC(=O)N1CCN(c2ccc(-c3cc(CNc4ccon4)on3)cc2F)CC1)c1cn[nH]c1. The molecule has 4 aromatic rings. The molecule has 0 unspecified atom stereocenters. The van der Waals surface area contributed by atoms with Gasteiger partial charge in [-0.05, 0) is 12.1 Å². The van der Waals surface area contributed by atoms with Gasteiger partial charge in [-0.25, -0.2) is 4.39 Å². The van der Waals surface area contributed by atoms with E-state index >= 15 is 0 Å². The second kappa shape index (κ2) is 10.3. The number of carbonyl (C=O) groups excluding carboxylic acids is 2. The number of hydrogen-bond donors (Lipinski definition) is 3. The van der Waals surface area contributed by atoms with Crippen LogP contribution in [0.2, 0.25) is 0 Å². The molecule has 1 fully saturated rings. The molecule has 0 radical (unpaired) electrons. The number of benzene rings is 1. The van der Waals surface area contributed by atoms with Crippen molar-refractivity contribution in [3.8, 4) is 11.3 Å². The number of carbonyl (C=O) groups is 2. The van der Waals surface area contributed by atoms with E-state index in [1.807, 2.05) is 4.90 Å². The quantitative estimate of drug-likeness (QED) is 0.334. The van der Waals surface area contributed by atoms with Crippen molar-refractivity contribution in [2.24, 2.45) is 0 Å². The van der Waals surface area contributed by atoms with Gasteiger partial charge in [0.15, 0.2) is 11.6 Å². The molecule has 0 saturated carbocycles. The Hall–Kier alpha value is -4.68. The molecule has 1 aliphatic rings. The van der Waals surface area contributed by atoms with Gasteiger partial charge in [0.05, 0.1) is 30.5 Å². The van der Waals surface area contributed by atoms with Crippen molar-refractivity contribution in [1.29, 1.82) is 0 Å². The number of halogens is 1. The standard InChI is InChI=1S/C23H23FN8O4/c24-18-9-15(19-10-17(36-29-19)13-25-21-3-8-35-30-21)1-2-20(18)31-4-6-32(7-5-31)22(33)14-26-23(34)16-11-27-28-12-16/h1-3,8-12H,4-7,13-14H2,(H,25,30)(H,26,34)(H,27,28). The number of nitrogens with zero attached hydrogens (tertiary/aromatic N) is 5. The fraction of sp³-hybridized carbons (Fsp3) is 0.261. The summed E-state index contributed by atoms with van der Waals surface area (Å²) in [5.41, 5.74) is 1.92. The molecule has 2 amide bonds. The van der Waals surface area contributed by atoms with Gasteiger partial charge in [0.1, 0.15) is 17.8 Å². The lowest BCUT2D eigenvalue weighted by Crippen LogP contribution is -2.51. The van der Waals surface area contributed by atoms with Gasteiger partial charge in [-0.3, -0.25) is 14.7 Å². The summed E-state index contributed by atoms with van der Waals surface area (Å²) in [6.07, 6.45) is 4.30. The second-order valence-corrected chi connectivity index (χ2v) is 8.12. The lowest BCUT2D eigenvalue weighted by atomic mass is 10.1. The first-order valence-electron chi connectivity index (χ1n) is 11.3. The molecule has 0 spiro atoms. The van der Waals surface area contributed by atoms with Crippen molar-refractivity contribution in [3.63, 3.8) is 0 Å². The number of piperazine rings is 1. The molecule has 1 saturated heterocycles. The third-order valence-corrected chi connectivity index (χ3v) is 5.82. The summed E-state index contributed by atoms with van der Waals surface area (Å²) in [5, 5.41) is 19.7. The molecule has 36 heavy (non-hydrogen) atoms. The Morgan fingerprint density at radius 2 is 1.97 bits per heavy atom. The average Bonchev–Trinajstić information content (AvgIpc) is 3.69. The maximum atomic E-state index is 15.0. The zero-order valence-corrected chi connectivity index (χ0v) is 19.1. The summed E-state index contributed by atoms with van der Waals surface area (Å²) in [7, 11) is 0. The van der Waals surface area contributed by atoms with E-state index in [0.717, 1.165) is 0 Å². The first-order chi connectivity index (χ1) is 17.6.